The largest absolute Gasteiger partial charge is 0.354 e. The van der Waals surface area contributed by atoms with Crippen LogP contribution in [0, 0.1) is 5.92 Å². The Balaban J connectivity index is 2.21. The van der Waals surface area contributed by atoms with Gasteiger partial charge in [-0.3, -0.25) is 0 Å². The molecule has 0 aliphatic heterocycles. The number of nitrogens with one attached hydrogen (secondary N) is 1. The normalized spacial score (nSPS) is 19.4. The average Bonchev–Trinajstić information content (AvgIpc) is 2.96. The second-order valence-corrected chi connectivity index (χ2v) is 3.76. The third-order valence-corrected chi connectivity index (χ3v) is 2.75. The molecule has 1 atom stereocenters. The van der Waals surface area contributed by atoms with Crippen molar-refractivity contribution in [3.8, 4) is 0 Å². The summed E-state index contributed by atoms with van der Waals surface area (Å²) in [6.45, 7) is 0. The highest BCUT2D eigenvalue weighted by Gasteiger charge is 2.25. The Labute approximate surface area is 80.8 Å². The van der Waals surface area contributed by atoms with Gasteiger partial charge in [-0.1, -0.05) is 12.8 Å². The Morgan fingerprint density at radius 2 is 1.92 bits per heavy atom. The minimum Gasteiger partial charge on any atom is -0.354 e. The van der Waals surface area contributed by atoms with Gasteiger partial charge in [0.05, 0.1) is 6.04 Å². The Bertz CT molecular complexity index is 133. The molecular formula is C10H21NO2. The molecule has 1 unspecified atom stereocenters. The third kappa shape index (κ3) is 3.63. The molecule has 0 spiro atoms. The summed E-state index contributed by atoms with van der Waals surface area (Å²) in [5, 5.41) is 3.24. The van der Waals surface area contributed by atoms with E-state index in [0.717, 1.165) is 12.3 Å². The van der Waals surface area contributed by atoms with Crippen LogP contribution < -0.4 is 5.32 Å². The van der Waals surface area contributed by atoms with E-state index in [0.29, 0.717) is 6.04 Å². The molecule has 0 aromatic rings. The summed E-state index contributed by atoms with van der Waals surface area (Å²) in [6.07, 6.45) is 5.17. The first-order valence-corrected chi connectivity index (χ1v) is 5.04. The summed E-state index contributed by atoms with van der Waals surface area (Å²) >= 11 is 0. The SMILES string of the molecule is CNC(CCC1CC1)C(OC)OC. The predicted molar refractivity (Wildman–Crippen MR) is 52.6 cm³/mol. The van der Waals surface area contributed by atoms with Crippen LogP contribution in [-0.4, -0.2) is 33.6 Å². The van der Waals surface area contributed by atoms with E-state index in [2.05, 4.69) is 5.32 Å². The highest BCUT2D eigenvalue weighted by molar-refractivity contribution is 4.77. The zero-order valence-electron chi connectivity index (χ0n) is 8.88. The molecule has 0 aromatic carbocycles. The van der Waals surface area contributed by atoms with Crippen molar-refractivity contribution >= 4 is 0 Å². The standard InChI is InChI=1S/C10H21NO2/c1-11-9(10(12-2)13-3)7-6-8-4-5-8/h8-11H,4-7H2,1-3H3. The molecule has 0 heterocycles. The minimum atomic E-state index is -0.108. The van der Waals surface area contributed by atoms with Gasteiger partial charge in [0.2, 0.25) is 0 Å². The van der Waals surface area contributed by atoms with Gasteiger partial charge in [0.25, 0.3) is 0 Å². The van der Waals surface area contributed by atoms with E-state index in [-0.39, 0.29) is 6.29 Å². The number of rotatable bonds is 7. The maximum absolute atomic E-state index is 5.22. The van der Waals surface area contributed by atoms with Gasteiger partial charge in [-0.15, -0.1) is 0 Å². The molecule has 3 heteroatoms. The van der Waals surface area contributed by atoms with Crippen LogP contribution in [0.5, 0.6) is 0 Å². The van der Waals surface area contributed by atoms with Crippen LogP contribution in [0.1, 0.15) is 25.7 Å². The molecule has 0 aromatic heterocycles. The quantitative estimate of drug-likeness (QED) is 0.611. The van der Waals surface area contributed by atoms with Gasteiger partial charge in [0, 0.05) is 14.2 Å². The highest BCUT2D eigenvalue weighted by Crippen LogP contribution is 2.34. The molecule has 1 N–H and O–H groups in total. The summed E-state index contributed by atoms with van der Waals surface area (Å²) < 4.78 is 10.4. The molecule has 13 heavy (non-hydrogen) atoms. The van der Waals surface area contributed by atoms with Crippen LogP contribution in [-0.2, 0) is 9.47 Å². The number of methoxy groups -OCH3 is 2. The van der Waals surface area contributed by atoms with Crippen LogP contribution in [0.15, 0.2) is 0 Å². The summed E-state index contributed by atoms with van der Waals surface area (Å²) in [5.41, 5.74) is 0. The smallest absolute Gasteiger partial charge is 0.171 e. The Kier molecular flexibility index (Phi) is 4.70. The van der Waals surface area contributed by atoms with Crippen molar-refractivity contribution in [2.45, 2.75) is 38.0 Å². The maximum Gasteiger partial charge on any atom is 0.171 e. The molecular weight excluding hydrogens is 166 g/mol. The van der Waals surface area contributed by atoms with E-state index in [9.17, 15) is 0 Å². The molecule has 1 aliphatic carbocycles. The topological polar surface area (TPSA) is 30.5 Å². The van der Waals surface area contributed by atoms with Crippen molar-refractivity contribution < 1.29 is 9.47 Å². The second kappa shape index (κ2) is 5.58. The van der Waals surface area contributed by atoms with Gasteiger partial charge in [-0.2, -0.15) is 0 Å². The number of hydrogen-bond acceptors (Lipinski definition) is 3. The van der Waals surface area contributed by atoms with Gasteiger partial charge in [-0.05, 0) is 25.8 Å². The van der Waals surface area contributed by atoms with E-state index in [1.54, 1.807) is 14.2 Å². The number of likely N-dealkylation sites (N-methyl/N-ethyl adjacent to an activating group) is 1. The zero-order valence-corrected chi connectivity index (χ0v) is 8.88. The fourth-order valence-corrected chi connectivity index (χ4v) is 1.66. The van der Waals surface area contributed by atoms with Gasteiger partial charge in [0.15, 0.2) is 6.29 Å². The molecule has 1 saturated carbocycles. The Hall–Kier alpha value is -0.120. The lowest BCUT2D eigenvalue weighted by Crippen LogP contribution is -2.40. The molecule has 0 saturated heterocycles. The van der Waals surface area contributed by atoms with Crippen LogP contribution in [0.4, 0.5) is 0 Å². The Morgan fingerprint density at radius 3 is 2.31 bits per heavy atom. The number of ether oxygens (including phenoxy) is 2. The summed E-state index contributed by atoms with van der Waals surface area (Å²) in [6, 6.07) is 0.329. The van der Waals surface area contributed by atoms with E-state index < -0.39 is 0 Å². The summed E-state index contributed by atoms with van der Waals surface area (Å²) in [5.74, 6) is 0.977. The molecule has 0 amide bonds. The minimum absolute atomic E-state index is 0.108. The van der Waals surface area contributed by atoms with Crippen LogP contribution in [0.3, 0.4) is 0 Å². The zero-order chi connectivity index (χ0) is 9.68. The molecule has 3 nitrogen and oxygen atoms in total. The van der Waals surface area contributed by atoms with Crippen molar-refractivity contribution in [2.24, 2.45) is 5.92 Å². The van der Waals surface area contributed by atoms with E-state index in [1.165, 1.54) is 19.3 Å². The lowest BCUT2D eigenvalue weighted by atomic mass is 10.1. The highest BCUT2D eigenvalue weighted by atomic mass is 16.7. The summed E-state index contributed by atoms with van der Waals surface area (Å²) in [4.78, 5) is 0. The molecule has 78 valence electrons. The first-order valence-electron chi connectivity index (χ1n) is 5.04. The van der Waals surface area contributed by atoms with Crippen molar-refractivity contribution in [3.63, 3.8) is 0 Å². The van der Waals surface area contributed by atoms with Gasteiger partial charge in [0.1, 0.15) is 0 Å². The van der Waals surface area contributed by atoms with E-state index >= 15 is 0 Å². The van der Waals surface area contributed by atoms with E-state index in [4.69, 9.17) is 9.47 Å². The van der Waals surface area contributed by atoms with Crippen LogP contribution in [0.2, 0.25) is 0 Å². The molecule has 1 fully saturated rings. The van der Waals surface area contributed by atoms with Crippen molar-refractivity contribution in [1.29, 1.82) is 0 Å². The molecule has 0 bridgehead atoms. The Morgan fingerprint density at radius 1 is 1.31 bits per heavy atom. The monoisotopic (exact) mass is 187 g/mol. The summed E-state index contributed by atoms with van der Waals surface area (Å²) in [7, 11) is 5.34. The van der Waals surface area contributed by atoms with Crippen LogP contribution in [0.25, 0.3) is 0 Å². The molecule has 0 radical (unpaired) electrons. The van der Waals surface area contributed by atoms with E-state index in [1.807, 2.05) is 7.05 Å². The third-order valence-electron chi connectivity index (χ3n) is 2.75. The van der Waals surface area contributed by atoms with Crippen LogP contribution >= 0.6 is 0 Å². The maximum atomic E-state index is 5.22. The second-order valence-electron chi connectivity index (χ2n) is 3.76. The molecule has 1 rings (SSSR count). The average molecular weight is 187 g/mol. The van der Waals surface area contributed by atoms with Gasteiger partial charge in [-0.25, -0.2) is 0 Å². The van der Waals surface area contributed by atoms with Crippen molar-refractivity contribution in [2.75, 3.05) is 21.3 Å². The number of hydrogen-bond donors (Lipinski definition) is 1. The fourth-order valence-electron chi connectivity index (χ4n) is 1.66. The van der Waals surface area contributed by atoms with Crippen molar-refractivity contribution in [3.05, 3.63) is 0 Å². The lowest BCUT2D eigenvalue weighted by molar-refractivity contribution is -0.123. The first kappa shape index (κ1) is 11.0. The van der Waals surface area contributed by atoms with Gasteiger partial charge < -0.3 is 14.8 Å². The predicted octanol–water partition coefficient (Wildman–Crippen LogP) is 1.38. The lowest BCUT2D eigenvalue weighted by Gasteiger charge is -2.24. The van der Waals surface area contributed by atoms with Crippen molar-refractivity contribution in [1.82, 2.24) is 5.32 Å². The fraction of sp³-hybridized carbons (Fsp3) is 1.00. The molecule has 1 aliphatic rings. The first-order chi connectivity index (χ1) is 6.31. The van der Waals surface area contributed by atoms with Gasteiger partial charge >= 0.3 is 0 Å².